The maximum absolute atomic E-state index is 12.0. The third-order valence-corrected chi connectivity index (χ3v) is 3.19. The van der Waals surface area contributed by atoms with Crippen molar-refractivity contribution >= 4 is 6.09 Å². The van der Waals surface area contributed by atoms with Crippen LogP contribution in [0.25, 0.3) is 0 Å². The Morgan fingerprint density at radius 3 is 2.42 bits per heavy atom. The highest BCUT2D eigenvalue weighted by Crippen LogP contribution is 2.34. The molecule has 1 saturated heterocycles. The molecule has 0 bridgehead atoms. The molecule has 0 unspecified atom stereocenters. The summed E-state index contributed by atoms with van der Waals surface area (Å²) in [4.78, 5) is 13.7. The van der Waals surface area contributed by atoms with Crippen LogP contribution < -0.4 is 0 Å². The SMILES string of the molecule is CC(C)=C=C(C)N1C(=O)O[C@@H](c2ccccc2)[C@H]1C. The lowest BCUT2D eigenvalue weighted by Crippen LogP contribution is -2.30. The number of carbonyl (C=O) groups excluding carboxylic acids is 1. The van der Waals surface area contributed by atoms with Crippen molar-refractivity contribution in [3.63, 3.8) is 0 Å². The zero-order chi connectivity index (χ0) is 14.0. The van der Waals surface area contributed by atoms with E-state index in [2.05, 4.69) is 5.73 Å². The van der Waals surface area contributed by atoms with Gasteiger partial charge in [-0.05, 0) is 38.8 Å². The molecule has 0 aliphatic carbocycles. The van der Waals surface area contributed by atoms with E-state index in [1.165, 1.54) is 0 Å². The maximum Gasteiger partial charge on any atom is 0.415 e. The number of ether oxygens (including phenoxy) is 1. The fourth-order valence-electron chi connectivity index (χ4n) is 2.42. The molecule has 0 aromatic heterocycles. The molecule has 3 nitrogen and oxygen atoms in total. The van der Waals surface area contributed by atoms with Crippen LogP contribution in [0.5, 0.6) is 0 Å². The number of rotatable bonds is 2. The summed E-state index contributed by atoms with van der Waals surface area (Å²) in [6.45, 7) is 7.81. The van der Waals surface area contributed by atoms with Gasteiger partial charge in [-0.3, -0.25) is 4.90 Å². The van der Waals surface area contributed by atoms with Gasteiger partial charge < -0.3 is 4.74 Å². The van der Waals surface area contributed by atoms with Crippen molar-refractivity contribution in [1.29, 1.82) is 0 Å². The summed E-state index contributed by atoms with van der Waals surface area (Å²) in [7, 11) is 0. The molecule has 1 aromatic carbocycles. The number of benzene rings is 1. The van der Waals surface area contributed by atoms with Crippen molar-refractivity contribution in [3.05, 3.63) is 52.9 Å². The number of amides is 1. The molecular weight excluding hydrogens is 238 g/mol. The molecule has 1 aromatic rings. The van der Waals surface area contributed by atoms with Gasteiger partial charge in [0.2, 0.25) is 0 Å². The summed E-state index contributed by atoms with van der Waals surface area (Å²) in [6.07, 6.45) is -0.518. The van der Waals surface area contributed by atoms with Gasteiger partial charge in [0.25, 0.3) is 0 Å². The molecule has 1 aliphatic heterocycles. The van der Waals surface area contributed by atoms with E-state index in [1.54, 1.807) is 4.90 Å². The third kappa shape index (κ3) is 2.72. The molecule has 2 atom stereocenters. The molecule has 0 radical (unpaired) electrons. The normalized spacial score (nSPS) is 21.9. The van der Waals surface area contributed by atoms with Gasteiger partial charge in [-0.2, -0.15) is 0 Å². The second-order valence-corrected chi connectivity index (χ2v) is 5.04. The summed E-state index contributed by atoms with van der Waals surface area (Å²) in [5.74, 6) is 0. The first-order chi connectivity index (χ1) is 9.00. The van der Waals surface area contributed by atoms with E-state index < -0.39 is 0 Å². The fourth-order valence-corrected chi connectivity index (χ4v) is 2.42. The smallest absolute Gasteiger partial charge is 0.415 e. The Hall–Kier alpha value is -1.99. The molecule has 19 heavy (non-hydrogen) atoms. The Balaban J connectivity index is 2.32. The highest BCUT2D eigenvalue weighted by Gasteiger charge is 2.40. The topological polar surface area (TPSA) is 29.5 Å². The zero-order valence-corrected chi connectivity index (χ0v) is 11.8. The van der Waals surface area contributed by atoms with Crippen LogP contribution in [-0.2, 0) is 4.74 Å². The van der Waals surface area contributed by atoms with Crippen molar-refractivity contribution < 1.29 is 9.53 Å². The van der Waals surface area contributed by atoms with E-state index in [-0.39, 0.29) is 18.2 Å². The standard InChI is InChI=1S/C16H19NO2/c1-11(2)10-12(3)17-13(4)15(19-16(17)18)14-8-6-5-7-9-14/h5-9,13,15H,1-4H3/t13-,15-/m1/s1. The third-order valence-electron chi connectivity index (χ3n) is 3.19. The molecule has 1 heterocycles. The minimum Gasteiger partial charge on any atom is -0.439 e. The molecule has 0 N–H and O–H groups in total. The van der Waals surface area contributed by atoms with Crippen LogP contribution in [0.2, 0.25) is 0 Å². The van der Waals surface area contributed by atoms with E-state index in [1.807, 2.05) is 58.0 Å². The molecule has 0 saturated carbocycles. The van der Waals surface area contributed by atoms with Gasteiger partial charge in [0.1, 0.15) is 6.10 Å². The van der Waals surface area contributed by atoms with Crippen LogP contribution in [0.4, 0.5) is 4.79 Å². The lowest BCUT2D eigenvalue weighted by molar-refractivity contribution is 0.132. The highest BCUT2D eigenvalue weighted by atomic mass is 16.6. The van der Waals surface area contributed by atoms with Crippen molar-refractivity contribution in [1.82, 2.24) is 4.90 Å². The largest absolute Gasteiger partial charge is 0.439 e. The van der Waals surface area contributed by atoms with Gasteiger partial charge in [-0.15, -0.1) is 5.73 Å². The number of cyclic esters (lactones) is 1. The molecular formula is C16H19NO2. The number of nitrogens with zero attached hydrogens (tertiary/aromatic N) is 1. The summed E-state index contributed by atoms with van der Waals surface area (Å²) < 4.78 is 5.49. The molecule has 100 valence electrons. The van der Waals surface area contributed by atoms with Crippen LogP contribution in [0.3, 0.4) is 0 Å². The summed E-state index contributed by atoms with van der Waals surface area (Å²) in [5.41, 5.74) is 6.04. The van der Waals surface area contributed by atoms with Gasteiger partial charge >= 0.3 is 6.09 Å². The fraction of sp³-hybridized carbons (Fsp3) is 0.375. The lowest BCUT2D eigenvalue weighted by Gasteiger charge is -2.20. The minimum atomic E-state index is -0.299. The van der Waals surface area contributed by atoms with Crippen LogP contribution in [-0.4, -0.2) is 17.0 Å². The highest BCUT2D eigenvalue weighted by molar-refractivity contribution is 5.73. The Bertz CT molecular complexity index is 537. The van der Waals surface area contributed by atoms with E-state index in [4.69, 9.17) is 4.74 Å². The predicted molar refractivity (Wildman–Crippen MR) is 74.5 cm³/mol. The van der Waals surface area contributed by atoms with Crippen LogP contribution >= 0.6 is 0 Å². The monoisotopic (exact) mass is 257 g/mol. The average Bonchev–Trinajstić information content (AvgIpc) is 2.65. The van der Waals surface area contributed by atoms with Gasteiger partial charge in [-0.1, -0.05) is 30.3 Å². The second-order valence-electron chi connectivity index (χ2n) is 5.04. The van der Waals surface area contributed by atoms with E-state index in [0.717, 1.165) is 16.8 Å². The zero-order valence-electron chi connectivity index (χ0n) is 11.8. The van der Waals surface area contributed by atoms with E-state index >= 15 is 0 Å². The molecule has 3 heteroatoms. The lowest BCUT2D eigenvalue weighted by atomic mass is 10.0. The minimum absolute atomic E-state index is 0.0262. The van der Waals surface area contributed by atoms with Crippen molar-refractivity contribution in [2.75, 3.05) is 0 Å². The second kappa shape index (κ2) is 5.33. The van der Waals surface area contributed by atoms with E-state index in [0.29, 0.717) is 0 Å². The Morgan fingerprint density at radius 1 is 1.21 bits per heavy atom. The Kier molecular flexibility index (Phi) is 3.77. The quantitative estimate of drug-likeness (QED) is 0.748. The molecule has 1 fully saturated rings. The van der Waals surface area contributed by atoms with Crippen molar-refractivity contribution in [2.45, 2.75) is 39.8 Å². The Morgan fingerprint density at radius 2 is 1.84 bits per heavy atom. The first-order valence-electron chi connectivity index (χ1n) is 6.46. The first kappa shape index (κ1) is 13.4. The number of hydrogen-bond donors (Lipinski definition) is 0. The van der Waals surface area contributed by atoms with Crippen LogP contribution in [0.1, 0.15) is 39.4 Å². The molecule has 0 spiro atoms. The first-order valence-corrected chi connectivity index (χ1v) is 6.46. The van der Waals surface area contributed by atoms with Crippen molar-refractivity contribution in [3.8, 4) is 0 Å². The van der Waals surface area contributed by atoms with Crippen LogP contribution in [0, 0.1) is 0 Å². The summed E-state index contributed by atoms with van der Waals surface area (Å²) in [6, 6.07) is 9.81. The molecule has 1 aliphatic rings. The average molecular weight is 257 g/mol. The van der Waals surface area contributed by atoms with E-state index in [9.17, 15) is 4.79 Å². The van der Waals surface area contributed by atoms with Crippen LogP contribution in [0.15, 0.2) is 47.3 Å². The van der Waals surface area contributed by atoms with Gasteiger partial charge in [0, 0.05) is 0 Å². The number of carbonyl (C=O) groups is 1. The predicted octanol–water partition coefficient (Wildman–Crippen LogP) is 4.04. The number of allylic oxidation sites excluding steroid dienone is 1. The Labute approximate surface area is 114 Å². The molecule has 1 amide bonds. The number of hydrogen-bond acceptors (Lipinski definition) is 2. The van der Waals surface area contributed by atoms with Gasteiger partial charge in [0.05, 0.1) is 11.7 Å². The summed E-state index contributed by atoms with van der Waals surface area (Å²) >= 11 is 0. The van der Waals surface area contributed by atoms with Gasteiger partial charge in [0.15, 0.2) is 0 Å². The molecule has 2 rings (SSSR count). The van der Waals surface area contributed by atoms with Crippen molar-refractivity contribution in [2.24, 2.45) is 0 Å². The maximum atomic E-state index is 12.0. The summed E-state index contributed by atoms with van der Waals surface area (Å²) in [5, 5.41) is 0. The van der Waals surface area contributed by atoms with Gasteiger partial charge in [-0.25, -0.2) is 4.79 Å².